The minimum absolute atomic E-state index is 0.0887. The molecule has 3 N–H and O–H groups in total. The number of fused-ring (bicyclic) bond motifs is 1. The molecule has 0 saturated carbocycles. The number of aromatic amines is 1. The second-order valence-electron chi connectivity index (χ2n) is 7.64. The van der Waals surface area contributed by atoms with Crippen LogP contribution in [0.15, 0.2) is 72.8 Å². The minimum Gasteiger partial charge on any atom is -0.506 e. The van der Waals surface area contributed by atoms with Crippen molar-refractivity contribution in [1.29, 1.82) is 0 Å². The maximum absolute atomic E-state index is 12.8. The molecule has 1 amide bonds. The fourth-order valence-electron chi connectivity index (χ4n) is 3.60. The molecule has 5 aromatic rings. The van der Waals surface area contributed by atoms with Gasteiger partial charge in [0.25, 0.3) is 5.91 Å². The van der Waals surface area contributed by atoms with Crippen molar-refractivity contribution in [1.82, 2.24) is 19.7 Å². The number of nitrogens with one attached hydrogen (secondary N) is 2. The smallest absolute Gasteiger partial charge is 0.256 e. The molecule has 0 aliphatic carbocycles. The number of ether oxygens (including phenoxy) is 1. The highest BCUT2D eigenvalue weighted by Gasteiger charge is 2.17. The fourth-order valence-corrected chi connectivity index (χ4v) is 3.78. The highest BCUT2D eigenvalue weighted by Crippen LogP contribution is 2.26. The zero-order chi connectivity index (χ0) is 23.7. The predicted molar refractivity (Wildman–Crippen MR) is 130 cm³/mol. The van der Waals surface area contributed by atoms with Crippen molar-refractivity contribution >= 4 is 34.4 Å². The summed E-state index contributed by atoms with van der Waals surface area (Å²) in [6.45, 7) is 0.456. The molecule has 3 aromatic carbocycles. The average Bonchev–Trinajstić information content (AvgIpc) is 3.45. The fraction of sp³-hybridized carbons (Fsp3) is 0.0800. The molecular weight excluding hydrogens is 454 g/mol. The van der Waals surface area contributed by atoms with Crippen LogP contribution in [0.4, 0.5) is 5.82 Å². The average molecular weight is 474 g/mol. The lowest BCUT2D eigenvalue weighted by Crippen LogP contribution is -2.13. The Morgan fingerprint density at radius 3 is 2.65 bits per heavy atom. The van der Waals surface area contributed by atoms with Crippen molar-refractivity contribution in [2.75, 3.05) is 12.4 Å². The number of aromatic hydroxyl groups is 1. The number of nitrogens with zero attached hydrogens (tertiary/aromatic N) is 3. The maximum atomic E-state index is 12.8. The monoisotopic (exact) mass is 473 g/mol. The van der Waals surface area contributed by atoms with Crippen LogP contribution in [0.2, 0.25) is 5.02 Å². The molecule has 0 fully saturated rings. The van der Waals surface area contributed by atoms with E-state index >= 15 is 0 Å². The molecule has 0 aliphatic rings. The van der Waals surface area contributed by atoms with Crippen molar-refractivity contribution in [3.05, 3.63) is 88.9 Å². The van der Waals surface area contributed by atoms with Crippen LogP contribution in [0.3, 0.4) is 0 Å². The van der Waals surface area contributed by atoms with Crippen LogP contribution in [0.5, 0.6) is 11.5 Å². The van der Waals surface area contributed by atoms with Gasteiger partial charge in [-0.25, -0.2) is 4.98 Å². The largest absolute Gasteiger partial charge is 0.506 e. The number of para-hydroxylation sites is 2. The summed E-state index contributed by atoms with van der Waals surface area (Å²) in [6.07, 6.45) is 0. The number of hydrogen-bond donors (Lipinski definition) is 3. The van der Waals surface area contributed by atoms with E-state index in [1.807, 2.05) is 48.5 Å². The summed E-state index contributed by atoms with van der Waals surface area (Å²) in [5, 5.41) is 17.1. The van der Waals surface area contributed by atoms with E-state index in [1.54, 1.807) is 17.9 Å². The number of phenolic OH excluding ortho intramolecular Hbond substituents is 1. The van der Waals surface area contributed by atoms with E-state index in [9.17, 15) is 9.90 Å². The second kappa shape index (κ2) is 8.92. The second-order valence-corrected chi connectivity index (χ2v) is 8.05. The molecule has 0 radical (unpaired) electrons. The van der Waals surface area contributed by atoms with Crippen molar-refractivity contribution in [2.24, 2.45) is 0 Å². The summed E-state index contributed by atoms with van der Waals surface area (Å²) in [5.41, 5.74) is 3.76. The zero-order valence-electron chi connectivity index (χ0n) is 18.1. The summed E-state index contributed by atoms with van der Waals surface area (Å²) < 4.78 is 7.02. The highest BCUT2D eigenvalue weighted by atomic mass is 35.5. The van der Waals surface area contributed by atoms with Gasteiger partial charge in [0.1, 0.15) is 17.2 Å². The molecule has 170 valence electrons. The van der Waals surface area contributed by atoms with Crippen LogP contribution < -0.4 is 10.1 Å². The van der Waals surface area contributed by atoms with Gasteiger partial charge >= 0.3 is 0 Å². The van der Waals surface area contributed by atoms with E-state index in [2.05, 4.69) is 15.4 Å². The SMILES string of the molecule is COc1ccc(Cn2nc(NC(=O)c3ccc(O)c(Cl)c3)cc2-c2nc3ccccc3[nH]2)cc1. The molecule has 34 heavy (non-hydrogen) atoms. The minimum atomic E-state index is -0.396. The predicted octanol–water partition coefficient (Wildman–Crippen LogP) is 5.09. The number of H-pyrrole nitrogens is 1. The van der Waals surface area contributed by atoms with E-state index in [0.717, 1.165) is 22.3 Å². The number of methoxy groups -OCH3 is 1. The lowest BCUT2D eigenvalue weighted by atomic mass is 10.2. The van der Waals surface area contributed by atoms with E-state index < -0.39 is 5.91 Å². The number of halogens is 1. The maximum Gasteiger partial charge on any atom is 0.256 e. The molecule has 0 atom stereocenters. The van der Waals surface area contributed by atoms with Gasteiger partial charge in [0.15, 0.2) is 11.6 Å². The van der Waals surface area contributed by atoms with Gasteiger partial charge in [0.05, 0.1) is 29.7 Å². The molecule has 5 rings (SSSR count). The van der Waals surface area contributed by atoms with Gasteiger partial charge in [-0.2, -0.15) is 5.10 Å². The zero-order valence-corrected chi connectivity index (χ0v) is 18.9. The Morgan fingerprint density at radius 2 is 1.91 bits per heavy atom. The Labute approximate surface area is 199 Å². The molecule has 0 bridgehead atoms. The quantitative estimate of drug-likeness (QED) is 0.318. The van der Waals surface area contributed by atoms with Crippen LogP contribution >= 0.6 is 11.6 Å². The van der Waals surface area contributed by atoms with Crippen molar-refractivity contribution in [3.8, 4) is 23.0 Å². The lowest BCUT2D eigenvalue weighted by Gasteiger charge is -2.07. The normalized spacial score (nSPS) is 11.0. The summed E-state index contributed by atoms with van der Waals surface area (Å²) >= 11 is 5.95. The number of hydrogen-bond acceptors (Lipinski definition) is 5. The summed E-state index contributed by atoms with van der Waals surface area (Å²) in [7, 11) is 1.62. The molecule has 2 heterocycles. The van der Waals surface area contributed by atoms with Crippen LogP contribution in [0.1, 0.15) is 15.9 Å². The Hall–Kier alpha value is -4.30. The third-order valence-corrected chi connectivity index (χ3v) is 5.66. The van der Waals surface area contributed by atoms with Gasteiger partial charge in [0, 0.05) is 11.6 Å². The van der Waals surface area contributed by atoms with Gasteiger partial charge in [-0.3, -0.25) is 9.48 Å². The number of benzene rings is 3. The number of rotatable bonds is 6. The first kappa shape index (κ1) is 21.5. The van der Waals surface area contributed by atoms with E-state index in [1.165, 1.54) is 18.2 Å². The van der Waals surface area contributed by atoms with E-state index in [4.69, 9.17) is 21.3 Å². The van der Waals surface area contributed by atoms with Gasteiger partial charge in [0.2, 0.25) is 0 Å². The molecule has 9 heteroatoms. The number of amides is 1. The first-order valence-corrected chi connectivity index (χ1v) is 10.8. The van der Waals surface area contributed by atoms with Gasteiger partial charge in [-0.05, 0) is 48.0 Å². The van der Waals surface area contributed by atoms with Crippen LogP contribution in [0, 0.1) is 0 Å². The number of phenols is 1. The number of imidazole rings is 1. The van der Waals surface area contributed by atoms with Crippen LogP contribution in [0.25, 0.3) is 22.6 Å². The molecule has 0 aliphatic heterocycles. The van der Waals surface area contributed by atoms with Gasteiger partial charge in [-0.15, -0.1) is 0 Å². The van der Waals surface area contributed by atoms with Gasteiger partial charge < -0.3 is 20.1 Å². The number of aromatic nitrogens is 4. The van der Waals surface area contributed by atoms with E-state index in [-0.39, 0.29) is 10.8 Å². The first-order chi connectivity index (χ1) is 16.5. The van der Waals surface area contributed by atoms with Crippen molar-refractivity contribution in [3.63, 3.8) is 0 Å². The Bertz CT molecular complexity index is 1460. The van der Waals surface area contributed by atoms with Gasteiger partial charge in [-0.1, -0.05) is 35.9 Å². The first-order valence-electron chi connectivity index (χ1n) is 10.5. The Kier molecular flexibility index (Phi) is 5.65. The topological polar surface area (TPSA) is 105 Å². The Balaban J connectivity index is 1.50. The summed E-state index contributed by atoms with van der Waals surface area (Å²) in [6, 6.07) is 21.5. The molecule has 0 unspecified atom stereocenters. The lowest BCUT2D eigenvalue weighted by molar-refractivity contribution is 0.102. The third-order valence-electron chi connectivity index (χ3n) is 5.35. The molecule has 2 aromatic heterocycles. The molecule has 8 nitrogen and oxygen atoms in total. The van der Waals surface area contributed by atoms with Crippen LogP contribution in [-0.4, -0.2) is 37.9 Å². The standard InChI is InChI=1S/C25H20ClN5O3/c1-34-17-9-6-15(7-10-17)14-31-21(24-27-19-4-2-3-5-20(19)28-24)13-23(30-31)29-25(33)16-8-11-22(32)18(26)12-16/h2-13,32H,14H2,1H3,(H,27,28)(H,29,30,33). The summed E-state index contributed by atoms with van der Waals surface area (Å²) in [5.74, 6) is 1.28. The number of carbonyl (C=O) groups excluding carboxylic acids is 1. The third kappa shape index (κ3) is 4.31. The molecular formula is C25H20ClN5O3. The highest BCUT2D eigenvalue weighted by molar-refractivity contribution is 6.32. The van der Waals surface area contributed by atoms with E-state index in [0.29, 0.717) is 29.4 Å². The van der Waals surface area contributed by atoms with Crippen molar-refractivity contribution < 1.29 is 14.6 Å². The van der Waals surface area contributed by atoms with Crippen molar-refractivity contribution in [2.45, 2.75) is 6.54 Å². The molecule has 0 saturated heterocycles. The number of carbonyl (C=O) groups is 1. The summed E-state index contributed by atoms with van der Waals surface area (Å²) in [4.78, 5) is 20.8. The molecule has 0 spiro atoms. The van der Waals surface area contributed by atoms with Crippen LogP contribution in [-0.2, 0) is 6.54 Å². The number of anilines is 1. The Morgan fingerprint density at radius 1 is 1.12 bits per heavy atom.